The van der Waals surface area contributed by atoms with Gasteiger partial charge in [0.05, 0.1) is 13.7 Å². The molecule has 0 spiro atoms. The van der Waals surface area contributed by atoms with Gasteiger partial charge in [-0.1, -0.05) is 25.7 Å². The van der Waals surface area contributed by atoms with E-state index in [0.717, 1.165) is 38.5 Å². The van der Waals surface area contributed by atoms with Crippen LogP contribution < -0.4 is 10.6 Å². The number of carbonyl (C=O) groups is 3. The summed E-state index contributed by atoms with van der Waals surface area (Å²) in [6, 6.07) is -0.716. The molecule has 3 amide bonds. The Morgan fingerprint density at radius 1 is 1.00 bits per heavy atom. The second kappa shape index (κ2) is 8.73. The van der Waals surface area contributed by atoms with Gasteiger partial charge >= 0.3 is 12.0 Å². The highest BCUT2D eigenvalue weighted by atomic mass is 16.5. The number of esters is 1. The average molecular weight is 365 g/mol. The zero-order chi connectivity index (χ0) is 18.5. The van der Waals surface area contributed by atoms with Gasteiger partial charge in [-0.2, -0.15) is 0 Å². The van der Waals surface area contributed by atoms with E-state index in [4.69, 9.17) is 4.74 Å². The SMILES string of the molecule is COC(=O)[C@@H]1C[C@H]2CCCC[C@@H]2N1C(=O)CNC(=O)NCC1CCCC1. The Morgan fingerprint density at radius 3 is 2.42 bits per heavy atom. The molecule has 0 aromatic rings. The Labute approximate surface area is 155 Å². The van der Waals surface area contributed by atoms with Crippen LogP contribution in [0.5, 0.6) is 0 Å². The number of nitrogens with zero attached hydrogens (tertiary/aromatic N) is 1. The Kier molecular flexibility index (Phi) is 6.38. The number of fused-ring (bicyclic) bond motifs is 1. The Morgan fingerprint density at radius 2 is 1.69 bits per heavy atom. The molecule has 2 aliphatic carbocycles. The average Bonchev–Trinajstić information content (AvgIpc) is 3.31. The van der Waals surface area contributed by atoms with Crippen molar-refractivity contribution in [3.05, 3.63) is 0 Å². The molecule has 26 heavy (non-hydrogen) atoms. The van der Waals surface area contributed by atoms with Gasteiger partial charge in [-0.15, -0.1) is 0 Å². The number of likely N-dealkylation sites (tertiary alicyclic amines) is 1. The van der Waals surface area contributed by atoms with Crippen LogP contribution in [0.1, 0.15) is 57.8 Å². The van der Waals surface area contributed by atoms with E-state index in [0.29, 0.717) is 24.8 Å². The second-order valence-electron chi connectivity index (χ2n) is 7.90. The van der Waals surface area contributed by atoms with Gasteiger partial charge in [0, 0.05) is 12.6 Å². The summed E-state index contributed by atoms with van der Waals surface area (Å²) in [5, 5.41) is 5.52. The van der Waals surface area contributed by atoms with Crippen molar-refractivity contribution in [2.45, 2.75) is 69.9 Å². The molecular weight excluding hydrogens is 334 g/mol. The van der Waals surface area contributed by atoms with Gasteiger partial charge in [-0.25, -0.2) is 9.59 Å². The summed E-state index contributed by atoms with van der Waals surface area (Å²) in [6.07, 6.45) is 9.69. The molecule has 0 unspecified atom stereocenters. The van der Waals surface area contributed by atoms with Gasteiger partial charge in [0.2, 0.25) is 5.91 Å². The summed E-state index contributed by atoms with van der Waals surface area (Å²) in [5.74, 6) is 0.388. The van der Waals surface area contributed by atoms with Crippen LogP contribution in [0.15, 0.2) is 0 Å². The molecule has 3 aliphatic rings. The molecule has 1 aliphatic heterocycles. The first-order chi connectivity index (χ1) is 12.6. The van der Waals surface area contributed by atoms with E-state index >= 15 is 0 Å². The van der Waals surface area contributed by atoms with Crippen molar-refractivity contribution in [3.63, 3.8) is 0 Å². The third-order valence-electron chi connectivity index (χ3n) is 6.28. The van der Waals surface area contributed by atoms with Crippen molar-refractivity contribution in [2.75, 3.05) is 20.2 Å². The van der Waals surface area contributed by atoms with Crippen LogP contribution in [-0.2, 0) is 14.3 Å². The maximum Gasteiger partial charge on any atom is 0.328 e. The molecule has 1 heterocycles. The summed E-state index contributed by atoms with van der Waals surface area (Å²) in [5.41, 5.74) is 0. The zero-order valence-corrected chi connectivity index (χ0v) is 15.7. The summed E-state index contributed by atoms with van der Waals surface area (Å²) in [7, 11) is 1.36. The number of carbonyl (C=O) groups excluding carboxylic acids is 3. The second-order valence-corrected chi connectivity index (χ2v) is 7.90. The van der Waals surface area contributed by atoms with Crippen LogP contribution >= 0.6 is 0 Å². The highest BCUT2D eigenvalue weighted by molar-refractivity contribution is 5.89. The number of methoxy groups -OCH3 is 1. The molecule has 1 saturated heterocycles. The molecule has 2 saturated carbocycles. The van der Waals surface area contributed by atoms with Crippen LogP contribution in [0.4, 0.5) is 4.79 Å². The lowest BCUT2D eigenvalue weighted by Crippen LogP contribution is -2.51. The van der Waals surface area contributed by atoms with Crippen LogP contribution in [0.25, 0.3) is 0 Å². The molecule has 146 valence electrons. The first-order valence-corrected chi connectivity index (χ1v) is 10.0. The van der Waals surface area contributed by atoms with Gasteiger partial charge in [0.1, 0.15) is 6.04 Å². The van der Waals surface area contributed by atoms with E-state index in [-0.39, 0.29) is 30.5 Å². The molecular formula is C19H31N3O4. The third kappa shape index (κ3) is 4.30. The van der Waals surface area contributed by atoms with Crippen LogP contribution in [0.3, 0.4) is 0 Å². The first kappa shape index (κ1) is 19.0. The van der Waals surface area contributed by atoms with E-state index < -0.39 is 6.04 Å². The van der Waals surface area contributed by atoms with Crippen LogP contribution in [0.2, 0.25) is 0 Å². The first-order valence-electron chi connectivity index (χ1n) is 10.0. The molecule has 3 rings (SSSR count). The van der Waals surface area contributed by atoms with Crippen molar-refractivity contribution in [2.24, 2.45) is 11.8 Å². The molecule has 0 aromatic heterocycles. The minimum absolute atomic E-state index is 0.0762. The van der Waals surface area contributed by atoms with Crippen molar-refractivity contribution in [1.29, 1.82) is 0 Å². The van der Waals surface area contributed by atoms with Crippen LogP contribution in [0, 0.1) is 11.8 Å². The number of hydrogen-bond donors (Lipinski definition) is 2. The fourth-order valence-electron chi connectivity index (χ4n) is 4.93. The lowest BCUT2D eigenvalue weighted by molar-refractivity contribution is -0.152. The van der Waals surface area contributed by atoms with E-state index in [2.05, 4.69) is 10.6 Å². The summed E-state index contributed by atoms with van der Waals surface area (Å²) in [6.45, 7) is 0.590. The van der Waals surface area contributed by atoms with Gasteiger partial charge in [0.25, 0.3) is 0 Å². The summed E-state index contributed by atoms with van der Waals surface area (Å²) < 4.78 is 4.91. The zero-order valence-electron chi connectivity index (χ0n) is 15.7. The summed E-state index contributed by atoms with van der Waals surface area (Å²) >= 11 is 0. The molecule has 0 bridgehead atoms. The molecule has 0 aromatic carbocycles. The number of amides is 3. The molecule has 0 radical (unpaired) electrons. The number of urea groups is 1. The normalized spacial score (nSPS) is 28.5. The predicted molar refractivity (Wildman–Crippen MR) is 96.4 cm³/mol. The van der Waals surface area contributed by atoms with E-state index in [9.17, 15) is 14.4 Å². The van der Waals surface area contributed by atoms with Gasteiger partial charge in [-0.05, 0) is 43.9 Å². The molecule has 3 fully saturated rings. The highest BCUT2D eigenvalue weighted by Gasteiger charge is 2.47. The fraction of sp³-hybridized carbons (Fsp3) is 0.842. The van der Waals surface area contributed by atoms with E-state index in [1.807, 2.05) is 0 Å². The fourth-order valence-corrected chi connectivity index (χ4v) is 4.93. The lowest BCUT2D eigenvalue weighted by Gasteiger charge is -2.33. The van der Waals surface area contributed by atoms with E-state index in [1.165, 1.54) is 20.0 Å². The van der Waals surface area contributed by atoms with Gasteiger partial charge in [-0.3, -0.25) is 4.79 Å². The smallest absolute Gasteiger partial charge is 0.328 e. The van der Waals surface area contributed by atoms with Crippen molar-refractivity contribution in [1.82, 2.24) is 15.5 Å². The summed E-state index contributed by atoms with van der Waals surface area (Å²) in [4.78, 5) is 38.6. The molecule has 2 N–H and O–H groups in total. The maximum absolute atomic E-state index is 12.8. The number of nitrogens with one attached hydrogen (secondary N) is 2. The van der Waals surface area contributed by atoms with Crippen molar-refractivity contribution >= 4 is 17.9 Å². The van der Waals surface area contributed by atoms with Crippen molar-refractivity contribution < 1.29 is 19.1 Å². The minimum Gasteiger partial charge on any atom is -0.467 e. The monoisotopic (exact) mass is 365 g/mol. The van der Waals surface area contributed by atoms with Gasteiger partial charge in [0.15, 0.2) is 0 Å². The maximum atomic E-state index is 12.8. The Hall–Kier alpha value is -1.79. The molecule has 7 heteroatoms. The van der Waals surface area contributed by atoms with Gasteiger partial charge < -0.3 is 20.3 Å². The Bertz CT molecular complexity index is 533. The van der Waals surface area contributed by atoms with Crippen molar-refractivity contribution in [3.8, 4) is 0 Å². The number of hydrogen-bond acceptors (Lipinski definition) is 4. The van der Waals surface area contributed by atoms with E-state index in [1.54, 1.807) is 4.90 Å². The lowest BCUT2D eigenvalue weighted by atomic mass is 9.85. The predicted octanol–water partition coefficient (Wildman–Crippen LogP) is 1.81. The number of ether oxygens (including phenoxy) is 1. The highest BCUT2D eigenvalue weighted by Crippen LogP contribution is 2.40. The minimum atomic E-state index is -0.510. The quantitative estimate of drug-likeness (QED) is 0.728. The third-order valence-corrected chi connectivity index (χ3v) is 6.28. The molecule has 7 nitrogen and oxygen atoms in total. The largest absolute Gasteiger partial charge is 0.467 e. The topological polar surface area (TPSA) is 87.7 Å². The molecule has 3 atom stereocenters. The van der Waals surface area contributed by atoms with Crippen LogP contribution in [-0.4, -0.2) is 55.1 Å². The number of rotatable bonds is 5. The Balaban J connectivity index is 1.52. The standard InChI is InChI=1S/C19H31N3O4/c1-26-18(24)16-10-14-8-4-5-9-15(14)22(16)17(23)12-21-19(25)20-11-13-6-2-3-7-13/h13-16H,2-12H2,1H3,(H2,20,21,25)/t14-,15+,16+/m1/s1.